The Kier molecular flexibility index (Phi) is 4.29. The summed E-state index contributed by atoms with van der Waals surface area (Å²) in [6, 6.07) is 0. The van der Waals surface area contributed by atoms with Crippen LogP contribution in [0.1, 0.15) is 85.5 Å². The number of ketones is 1. The van der Waals surface area contributed by atoms with Gasteiger partial charge in [0.25, 0.3) is 0 Å². The first-order valence-corrected chi connectivity index (χ1v) is 12.8. The number of aliphatic imine (C=N–C) groups is 1. The second-order valence-corrected chi connectivity index (χ2v) is 12.1. The number of carbonyl (C=O) groups excluding carboxylic acids is 1. The molecule has 0 amide bonds. The molecule has 3 saturated carbocycles. The van der Waals surface area contributed by atoms with Crippen molar-refractivity contribution in [3.8, 4) is 0 Å². The number of rotatable bonds is 0. The number of nitrogens with zero attached hydrogens (tertiary/aromatic N) is 1. The zero-order chi connectivity index (χ0) is 20.8. The quantitative estimate of drug-likeness (QED) is 0.476. The monoisotopic (exact) mass is 409 g/mol. The lowest BCUT2D eigenvalue weighted by Crippen LogP contribution is -2.46. The Bertz CT molecular complexity index is 842. The summed E-state index contributed by atoms with van der Waals surface area (Å²) in [7, 11) is 0. The highest BCUT2D eigenvalue weighted by molar-refractivity contribution is 5.94. The third-order valence-corrected chi connectivity index (χ3v) is 10.9. The van der Waals surface area contributed by atoms with Gasteiger partial charge in [-0.3, -0.25) is 9.79 Å². The van der Waals surface area contributed by atoms with Crippen LogP contribution >= 0.6 is 0 Å². The molecule has 0 aromatic rings. The molecule has 3 nitrogen and oxygen atoms in total. The lowest BCUT2D eigenvalue weighted by atomic mass is 9.52. The summed E-state index contributed by atoms with van der Waals surface area (Å²) in [6.45, 7) is 10.7. The second kappa shape index (κ2) is 6.53. The van der Waals surface area contributed by atoms with Crippen molar-refractivity contribution in [2.45, 2.75) is 97.2 Å². The molecular weight excluding hydrogens is 370 g/mol. The molecule has 1 saturated heterocycles. The maximum absolute atomic E-state index is 12.2. The molecule has 0 aromatic carbocycles. The molecule has 9 atom stereocenters. The van der Waals surface area contributed by atoms with E-state index in [0.29, 0.717) is 29.0 Å². The van der Waals surface area contributed by atoms with Crippen molar-refractivity contribution in [3.05, 3.63) is 11.1 Å². The first kappa shape index (κ1) is 19.7. The average molecular weight is 410 g/mol. The van der Waals surface area contributed by atoms with Crippen LogP contribution in [0, 0.1) is 40.9 Å². The highest BCUT2D eigenvalue weighted by Gasteiger charge is 2.60. The van der Waals surface area contributed by atoms with E-state index < -0.39 is 0 Å². The Balaban J connectivity index is 1.35. The number of Topliss-reactive ketones (excluding diaryl/α,β-unsaturated/α-hetero) is 1. The van der Waals surface area contributed by atoms with Gasteiger partial charge in [0.2, 0.25) is 0 Å². The normalized spacial score (nSPS) is 52.6. The molecule has 4 fully saturated rings. The number of hydrogen-bond acceptors (Lipinski definition) is 3. The molecule has 0 radical (unpaired) electrons. The molecule has 0 unspecified atom stereocenters. The highest BCUT2D eigenvalue weighted by Crippen LogP contribution is 2.66. The molecule has 164 valence electrons. The van der Waals surface area contributed by atoms with Gasteiger partial charge in [-0.25, -0.2) is 0 Å². The first-order valence-electron chi connectivity index (χ1n) is 12.8. The minimum atomic E-state index is -0.0876. The van der Waals surface area contributed by atoms with Gasteiger partial charge in [0, 0.05) is 31.0 Å². The molecule has 2 aliphatic heterocycles. The van der Waals surface area contributed by atoms with Crippen LogP contribution in [0.5, 0.6) is 0 Å². The zero-order valence-electron chi connectivity index (χ0n) is 19.4. The van der Waals surface area contributed by atoms with Gasteiger partial charge in [0.15, 0.2) is 0 Å². The Morgan fingerprint density at radius 3 is 2.77 bits per heavy atom. The van der Waals surface area contributed by atoms with Crippen LogP contribution in [-0.4, -0.2) is 29.7 Å². The Morgan fingerprint density at radius 2 is 1.93 bits per heavy atom. The summed E-state index contributed by atoms with van der Waals surface area (Å²) in [6.07, 6.45) is 10.6. The van der Waals surface area contributed by atoms with Gasteiger partial charge in [-0.05, 0) is 92.4 Å². The minimum absolute atomic E-state index is 0.0876. The van der Waals surface area contributed by atoms with E-state index in [0.717, 1.165) is 50.0 Å². The van der Waals surface area contributed by atoms with E-state index in [-0.39, 0.29) is 11.7 Å². The van der Waals surface area contributed by atoms with Crippen molar-refractivity contribution >= 4 is 11.5 Å². The lowest BCUT2D eigenvalue weighted by molar-refractivity contribution is -0.129. The summed E-state index contributed by atoms with van der Waals surface area (Å²) in [5, 5.41) is 0. The van der Waals surface area contributed by atoms with Crippen molar-refractivity contribution in [2.24, 2.45) is 45.9 Å². The van der Waals surface area contributed by atoms with Crippen LogP contribution in [-0.2, 0) is 9.53 Å². The van der Waals surface area contributed by atoms with Gasteiger partial charge in [-0.1, -0.05) is 26.3 Å². The van der Waals surface area contributed by atoms with E-state index in [1.54, 1.807) is 11.1 Å². The smallest absolute Gasteiger partial charge is 0.133 e. The number of allylic oxidation sites excluding steroid dienone is 1. The van der Waals surface area contributed by atoms with Gasteiger partial charge in [-0.2, -0.15) is 0 Å². The molecule has 30 heavy (non-hydrogen) atoms. The van der Waals surface area contributed by atoms with Crippen molar-refractivity contribution in [3.63, 3.8) is 0 Å². The van der Waals surface area contributed by atoms with E-state index in [4.69, 9.17) is 9.73 Å². The van der Waals surface area contributed by atoms with Crippen LogP contribution in [0.25, 0.3) is 0 Å². The molecule has 6 aliphatic rings. The molecule has 6 rings (SSSR count). The fourth-order valence-corrected chi connectivity index (χ4v) is 9.12. The lowest BCUT2D eigenvalue weighted by Gasteiger charge is -2.52. The van der Waals surface area contributed by atoms with Crippen LogP contribution < -0.4 is 0 Å². The summed E-state index contributed by atoms with van der Waals surface area (Å²) in [5.41, 5.74) is 4.99. The molecule has 0 N–H and O–H groups in total. The summed E-state index contributed by atoms with van der Waals surface area (Å²) in [4.78, 5) is 17.2. The maximum Gasteiger partial charge on any atom is 0.133 e. The molecule has 1 spiro atoms. The SMILES string of the molecule is CC1=C2C[C@H]3[C@@H](CC[C@@H]4CC(=O)CC[C@@]43C)[C@@H]2CC[C@]12O[C@@H]1C[C@H](C)CN=C1[C@H]2C. The van der Waals surface area contributed by atoms with Gasteiger partial charge in [0.05, 0.1) is 11.7 Å². The molecular formula is C27H39NO2. The van der Waals surface area contributed by atoms with Crippen molar-refractivity contribution < 1.29 is 9.53 Å². The Hall–Kier alpha value is -0.960. The molecule has 0 aromatic heterocycles. The Morgan fingerprint density at radius 1 is 1.10 bits per heavy atom. The maximum atomic E-state index is 12.2. The zero-order valence-corrected chi connectivity index (χ0v) is 19.4. The van der Waals surface area contributed by atoms with Crippen LogP contribution in [0.4, 0.5) is 0 Å². The highest BCUT2D eigenvalue weighted by atomic mass is 16.5. The molecule has 3 heteroatoms. The third kappa shape index (κ3) is 2.48. The van der Waals surface area contributed by atoms with E-state index in [9.17, 15) is 4.79 Å². The van der Waals surface area contributed by atoms with E-state index in [2.05, 4.69) is 27.7 Å². The van der Waals surface area contributed by atoms with E-state index in [1.807, 2.05) is 0 Å². The Labute approximate surface area is 182 Å². The number of carbonyl (C=O) groups is 1. The van der Waals surface area contributed by atoms with Crippen molar-refractivity contribution in [1.82, 2.24) is 0 Å². The first-order chi connectivity index (χ1) is 14.3. The number of fused-ring (bicyclic) bond motifs is 6. The largest absolute Gasteiger partial charge is 0.361 e. The third-order valence-electron chi connectivity index (χ3n) is 10.9. The van der Waals surface area contributed by atoms with Gasteiger partial charge < -0.3 is 4.74 Å². The second-order valence-electron chi connectivity index (χ2n) is 12.1. The molecule has 4 aliphatic carbocycles. The number of hydrogen-bond donors (Lipinski definition) is 0. The van der Waals surface area contributed by atoms with Gasteiger partial charge in [0.1, 0.15) is 5.78 Å². The van der Waals surface area contributed by atoms with Crippen LogP contribution in [0.2, 0.25) is 0 Å². The standard InChI is InChI=1S/C27H39NO2/c1-15-11-24-25(28-14-15)17(3)27(30-24)10-8-20-21-6-5-18-12-19(29)7-9-26(18,4)23(21)13-22(20)16(27)2/h15,17-18,20-21,23-24H,5-14H2,1-4H3/t15-,17+,18+,20-,21-,23-,24+,26-,27-/m0/s1. The number of ether oxygens (including phenoxy) is 1. The summed E-state index contributed by atoms with van der Waals surface area (Å²) in [5.74, 6) is 4.63. The molecule has 2 heterocycles. The fraction of sp³-hybridized carbons (Fsp3) is 0.852. The van der Waals surface area contributed by atoms with Crippen LogP contribution in [0.3, 0.4) is 0 Å². The van der Waals surface area contributed by atoms with Crippen molar-refractivity contribution in [2.75, 3.05) is 6.54 Å². The predicted octanol–water partition coefficient (Wildman–Crippen LogP) is 5.77. The van der Waals surface area contributed by atoms with Crippen LogP contribution in [0.15, 0.2) is 16.1 Å². The summed E-state index contributed by atoms with van der Waals surface area (Å²) < 4.78 is 6.96. The van der Waals surface area contributed by atoms with Gasteiger partial charge in [-0.15, -0.1) is 0 Å². The van der Waals surface area contributed by atoms with E-state index in [1.165, 1.54) is 37.8 Å². The topological polar surface area (TPSA) is 38.7 Å². The molecule has 0 bridgehead atoms. The van der Waals surface area contributed by atoms with E-state index >= 15 is 0 Å². The van der Waals surface area contributed by atoms with Crippen molar-refractivity contribution in [1.29, 1.82) is 0 Å². The predicted molar refractivity (Wildman–Crippen MR) is 120 cm³/mol. The summed E-state index contributed by atoms with van der Waals surface area (Å²) >= 11 is 0. The fourth-order valence-electron chi connectivity index (χ4n) is 9.12. The average Bonchev–Trinajstić information content (AvgIpc) is 3.23. The van der Waals surface area contributed by atoms with Gasteiger partial charge >= 0.3 is 0 Å². The minimum Gasteiger partial charge on any atom is -0.361 e.